The van der Waals surface area contributed by atoms with Crippen molar-refractivity contribution in [2.45, 2.75) is 84.2 Å². The first-order chi connectivity index (χ1) is 16.1. The van der Waals surface area contributed by atoms with Crippen molar-refractivity contribution in [2.75, 3.05) is 32.8 Å². The Kier molecular flexibility index (Phi) is 10.4. The van der Waals surface area contributed by atoms with Crippen LogP contribution in [0, 0.1) is 0 Å². The zero-order chi connectivity index (χ0) is 23.5. The molecule has 1 saturated carbocycles. The van der Waals surface area contributed by atoms with Gasteiger partial charge >= 0.3 is 0 Å². The second-order valence-corrected chi connectivity index (χ2v) is 9.27. The first kappa shape index (κ1) is 25.4. The zero-order valence-corrected chi connectivity index (χ0v) is 20.6. The molecule has 0 aromatic carbocycles. The summed E-state index contributed by atoms with van der Waals surface area (Å²) in [5.41, 5.74) is 3.46. The summed E-state index contributed by atoms with van der Waals surface area (Å²) in [5, 5.41) is 0. The largest absolute Gasteiger partial charge is 0.368 e. The van der Waals surface area contributed by atoms with Gasteiger partial charge in [0, 0.05) is 44.5 Å². The van der Waals surface area contributed by atoms with E-state index in [1.54, 1.807) is 0 Å². The van der Waals surface area contributed by atoms with Crippen LogP contribution in [0.5, 0.6) is 0 Å². The lowest BCUT2D eigenvalue weighted by Crippen LogP contribution is -2.51. The van der Waals surface area contributed by atoms with Crippen molar-refractivity contribution >= 4 is 17.9 Å². The van der Waals surface area contributed by atoms with Crippen molar-refractivity contribution in [3.05, 3.63) is 35.2 Å². The topological polar surface area (TPSA) is 62.7 Å². The fraction of sp³-hybridized carbons (Fsp3) is 0.667. The van der Waals surface area contributed by atoms with Gasteiger partial charge in [0.05, 0.1) is 6.10 Å². The summed E-state index contributed by atoms with van der Waals surface area (Å²) < 4.78 is 5.90. The molecule has 0 radical (unpaired) electrons. The minimum Gasteiger partial charge on any atom is -0.368 e. The summed E-state index contributed by atoms with van der Waals surface area (Å²) in [7, 11) is 0. The number of amides is 2. The number of aryl methyl sites for hydroxylation is 2. The van der Waals surface area contributed by atoms with Crippen molar-refractivity contribution < 1.29 is 14.3 Å². The van der Waals surface area contributed by atoms with E-state index in [1.807, 2.05) is 29.0 Å². The van der Waals surface area contributed by atoms with Crippen LogP contribution in [-0.4, -0.2) is 65.5 Å². The van der Waals surface area contributed by atoms with Gasteiger partial charge in [-0.15, -0.1) is 0 Å². The highest BCUT2D eigenvalue weighted by Crippen LogP contribution is 2.20. The molecule has 6 heteroatoms. The van der Waals surface area contributed by atoms with E-state index in [-0.39, 0.29) is 24.5 Å². The highest BCUT2D eigenvalue weighted by Gasteiger charge is 2.24. The highest BCUT2D eigenvalue weighted by atomic mass is 16.5. The molecule has 0 bridgehead atoms. The van der Waals surface area contributed by atoms with Crippen LogP contribution < -0.4 is 0 Å². The minimum absolute atomic E-state index is 0.0614. The van der Waals surface area contributed by atoms with Gasteiger partial charge in [0.1, 0.15) is 6.61 Å². The average molecular weight is 456 g/mol. The van der Waals surface area contributed by atoms with E-state index in [4.69, 9.17) is 4.74 Å². The normalized spacial score (nSPS) is 18.0. The fourth-order valence-electron chi connectivity index (χ4n) is 4.81. The van der Waals surface area contributed by atoms with E-state index in [0.29, 0.717) is 32.6 Å². The molecule has 2 heterocycles. The molecule has 1 aromatic heterocycles. The first-order valence-electron chi connectivity index (χ1n) is 12.9. The zero-order valence-electron chi connectivity index (χ0n) is 20.6. The molecule has 1 aliphatic heterocycles. The van der Waals surface area contributed by atoms with Crippen LogP contribution in [0.15, 0.2) is 18.3 Å². The maximum Gasteiger partial charge on any atom is 0.248 e. The number of piperazine rings is 1. The number of hydrogen-bond donors (Lipinski definition) is 0. The standard InChI is InChI=1S/C27H41N3O3/c1-3-10-23-19-22(20-28-25(23)4-2)11-9-14-26(31)29-15-17-30(18-16-29)27(32)21-33-24-12-7-5-6-8-13-24/h3,10,19-20,24H,4-9,11-18,21H2,1-2H3/b10-3-. The summed E-state index contributed by atoms with van der Waals surface area (Å²) >= 11 is 0. The molecule has 6 nitrogen and oxygen atoms in total. The summed E-state index contributed by atoms with van der Waals surface area (Å²) in [4.78, 5) is 33.5. The number of rotatable bonds is 9. The Balaban J connectivity index is 1.36. The van der Waals surface area contributed by atoms with Crippen molar-refractivity contribution in [1.29, 1.82) is 0 Å². The molecular formula is C27H41N3O3. The van der Waals surface area contributed by atoms with Crippen LogP contribution in [0.3, 0.4) is 0 Å². The fourth-order valence-corrected chi connectivity index (χ4v) is 4.81. The molecule has 182 valence electrons. The number of hydrogen-bond acceptors (Lipinski definition) is 4. The van der Waals surface area contributed by atoms with Crippen LogP contribution in [0.1, 0.15) is 82.0 Å². The minimum atomic E-state index is 0.0614. The molecule has 3 rings (SSSR count). The molecule has 33 heavy (non-hydrogen) atoms. The number of nitrogens with zero attached hydrogens (tertiary/aromatic N) is 3. The van der Waals surface area contributed by atoms with Crippen molar-refractivity contribution in [3.8, 4) is 0 Å². The Morgan fingerprint density at radius 1 is 1.06 bits per heavy atom. The van der Waals surface area contributed by atoms with Gasteiger partial charge in [0.15, 0.2) is 0 Å². The molecule has 1 saturated heterocycles. The van der Waals surface area contributed by atoms with Crippen LogP contribution >= 0.6 is 0 Å². The molecule has 0 unspecified atom stereocenters. The Morgan fingerprint density at radius 3 is 2.36 bits per heavy atom. The number of carbonyl (C=O) groups excluding carboxylic acids is 2. The molecule has 0 spiro atoms. The van der Waals surface area contributed by atoms with Gasteiger partial charge in [0.2, 0.25) is 11.8 Å². The lowest BCUT2D eigenvalue weighted by Gasteiger charge is -2.35. The molecule has 1 aliphatic carbocycles. The second kappa shape index (κ2) is 13.5. The number of pyridine rings is 1. The lowest BCUT2D eigenvalue weighted by molar-refractivity contribution is -0.144. The third-order valence-corrected chi connectivity index (χ3v) is 6.83. The van der Waals surface area contributed by atoms with Gasteiger partial charge in [0.25, 0.3) is 0 Å². The van der Waals surface area contributed by atoms with Crippen LogP contribution in [0.25, 0.3) is 6.08 Å². The number of aromatic nitrogens is 1. The number of allylic oxidation sites excluding steroid dienone is 1. The predicted octanol–water partition coefficient (Wildman–Crippen LogP) is 4.41. The van der Waals surface area contributed by atoms with Gasteiger partial charge in [-0.2, -0.15) is 0 Å². The van der Waals surface area contributed by atoms with E-state index < -0.39 is 0 Å². The van der Waals surface area contributed by atoms with Crippen LogP contribution in [0.2, 0.25) is 0 Å². The maximum absolute atomic E-state index is 12.7. The molecule has 0 atom stereocenters. The van der Waals surface area contributed by atoms with E-state index >= 15 is 0 Å². The Bertz CT molecular complexity index is 792. The first-order valence-corrected chi connectivity index (χ1v) is 12.9. The quantitative estimate of drug-likeness (QED) is 0.518. The molecule has 1 aromatic rings. The maximum atomic E-state index is 12.7. The van der Waals surface area contributed by atoms with E-state index in [2.05, 4.69) is 24.1 Å². The summed E-state index contributed by atoms with van der Waals surface area (Å²) in [5.74, 6) is 0.245. The SMILES string of the molecule is C/C=C\c1cc(CCCC(=O)N2CCN(C(=O)COC3CCCCCC3)CC2)cnc1CC. The predicted molar refractivity (Wildman–Crippen MR) is 132 cm³/mol. The third kappa shape index (κ3) is 7.95. The number of ether oxygens (including phenoxy) is 1. The highest BCUT2D eigenvalue weighted by molar-refractivity contribution is 5.79. The average Bonchev–Trinajstić information content (AvgIpc) is 3.12. The van der Waals surface area contributed by atoms with Gasteiger partial charge in [-0.3, -0.25) is 14.6 Å². The molecular weight excluding hydrogens is 414 g/mol. The number of carbonyl (C=O) groups is 2. The Morgan fingerprint density at radius 2 is 1.73 bits per heavy atom. The summed E-state index contributed by atoms with van der Waals surface area (Å²) in [6.07, 6.45) is 16.6. The molecule has 2 aliphatic rings. The van der Waals surface area contributed by atoms with Gasteiger partial charge in [-0.25, -0.2) is 0 Å². The molecule has 0 N–H and O–H groups in total. The van der Waals surface area contributed by atoms with E-state index in [9.17, 15) is 9.59 Å². The van der Waals surface area contributed by atoms with Crippen LogP contribution in [-0.2, 0) is 27.2 Å². The van der Waals surface area contributed by atoms with Gasteiger partial charge in [-0.05, 0) is 56.2 Å². The summed E-state index contributed by atoms with van der Waals surface area (Å²) in [6, 6.07) is 2.19. The summed E-state index contributed by atoms with van der Waals surface area (Å²) in [6.45, 7) is 6.76. The molecule has 2 amide bonds. The Hall–Kier alpha value is -2.21. The lowest BCUT2D eigenvalue weighted by atomic mass is 10.0. The van der Waals surface area contributed by atoms with Crippen molar-refractivity contribution in [1.82, 2.24) is 14.8 Å². The van der Waals surface area contributed by atoms with E-state index in [0.717, 1.165) is 37.8 Å². The third-order valence-electron chi connectivity index (χ3n) is 6.83. The van der Waals surface area contributed by atoms with Crippen molar-refractivity contribution in [3.63, 3.8) is 0 Å². The second-order valence-electron chi connectivity index (χ2n) is 9.27. The van der Waals surface area contributed by atoms with Crippen molar-refractivity contribution in [2.24, 2.45) is 0 Å². The smallest absolute Gasteiger partial charge is 0.248 e. The monoisotopic (exact) mass is 455 g/mol. The molecule has 2 fully saturated rings. The van der Waals surface area contributed by atoms with Gasteiger partial charge in [-0.1, -0.05) is 44.8 Å². The van der Waals surface area contributed by atoms with Gasteiger partial charge < -0.3 is 14.5 Å². The Labute approximate surface area is 199 Å². The van der Waals surface area contributed by atoms with E-state index in [1.165, 1.54) is 36.8 Å². The van der Waals surface area contributed by atoms with Crippen LogP contribution in [0.4, 0.5) is 0 Å².